The Balaban J connectivity index is 1.13. The second kappa shape index (κ2) is 14.3. The van der Waals surface area contributed by atoms with E-state index in [9.17, 15) is 0 Å². The normalized spacial score (nSPS) is 13.3. The van der Waals surface area contributed by atoms with Crippen molar-refractivity contribution >= 4 is 97.5 Å². The third kappa shape index (κ3) is 6.36. The first kappa shape index (κ1) is 42.5. The van der Waals surface area contributed by atoms with E-state index in [-0.39, 0.29) is 21.7 Å². The van der Waals surface area contributed by atoms with Crippen molar-refractivity contribution in [2.24, 2.45) is 0 Å². The lowest BCUT2D eigenvalue weighted by atomic mass is 9.85. The van der Waals surface area contributed by atoms with Gasteiger partial charge < -0.3 is 9.13 Å². The smallest absolute Gasteiger partial charge is 0.0541 e. The molecule has 68 heavy (non-hydrogen) atoms. The molecule has 0 saturated heterocycles. The maximum Gasteiger partial charge on any atom is 0.0541 e. The van der Waals surface area contributed by atoms with Crippen molar-refractivity contribution in [1.29, 1.82) is 0 Å². The van der Waals surface area contributed by atoms with Crippen molar-refractivity contribution in [3.63, 3.8) is 0 Å². The summed E-state index contributed by atoms with van der Waals surface area (Å²) in [5.41, 5.74) is 12.9. The van der Waals surface area contributed by atoms with Gasteiger partial charge >= 0.3 is 0 Å². The van der Waals surface area contributed by atoms with Gasteiger partial charge in [-0.1, -0.05) is 168 Å². The zero-order chi connectivity index (χ0) is 47.4. The summed E-state index contributed by atoms with van der Waals surface area (Å²) in [7, 11) is 0. The fourth-order valence-electron chi connectivity index (χ4n) is 11.4. The Hall–Kier alpha value is -6.90. The first-order valence-corrected chi connectivity index (χ1v) is 24.7. The molecule has 0 N–H and O–H groups in total. The van der Waals surface area contributed by atoms with E-state index in [0.29, 0.717) is 0 Å². The molecule has 2 heteroatoms. The van der Waals surface area contributed by atoms with Crippen molar-refractivity contribution in [3.05, 3.63) is 180 Å². The number of hydrogen-bond donors (Lipinski definition) is 0. The molecule has 0 atom stereocenters. The monoisotopic (exact) mass is 882 g/mol. The highest BCUT2D eigenvalue weighted by Gasteiger charge is 2.25. The molecule has 0 aliphatic heterocycles. The van der Waals surface area contributed by atoms with Gasteiger partial charge in [-0.05, 0) is 171 Å². The van der Waals surface area contributed by atoms with Crippen LogP contribution in [0.15, 0.2) is 158 Å². The molecule has 0 unspecified atom stereocenters. The number of aromatic nitrogens is 2. The Labute approximate surface area is 400 Å². The average molecular weight is 883 g/mol. The molecule has 12 aromatic rings. The molecular formula is C66H62N2. The first-order chi connectivity index (χ1) is 32.3. The second-order valence-electron chi connectivity index (χ2n) is 23.9. The summed E-state index contributed by atoms with van der Waals surface area (Å²) in [5.74, 6) is 0. The standard InChI is InChI=1S/C66H62N2/c1-63(2,3)39-21-29-57-53(33-39)54-34-40(64(4,5)6)22-30-58(54)67(57)43-25-27-49-51(37-43)45-17-13-15-19-47(45)62-50-28-26-44(38-52(50)46-18-14-16-20-48(46)61(49)62)68-59-31-23-41(65(7,8)9)35-55(59)56-36-42(66(10,11)12)24-32-60(56)68/h13-38H,1-12H3. The van der Waals surface area contributed by atoms with Crippen LogP contribution >= 0.6 is 0 Å². The summed E-state index contributed by atoms with van der Waals surface area (Å²) in [6, 6.07) is 61.2. The van der Waals surface area contributed by atoms with Gasteiger partial charge in [-0.25, -0.2) is 0 Å². The van der Waals surface area contributed by atoms with Crippen LogP contribution < -0.4 is 0 Å². The van der Waals surface area contributed by atoms with Crippen LogP contribution in [0, 0.1) is 0 Å². The molecule has 0 aliphatic carbocycles. The topological polar surface area (TPSA) is 9.86 Å². The van der Waals surface area contributed by atoms with E-state index in [1.807, 2.05) is 0 Å². The summed E-state index contributed by atoms with van der Waals surface area (Å²) < 4.78 is 5.01. The van der Waals surface area contributed by atoms with Crippen LogP contribution in [0.1, 0.15) is 105 Å². The SMILES string of the molecule is CC(C)(C)c1ccc2c(c1)c1cc(C(C)(C)C)ccc1n2-c1ccc2c(c1)c1ccccc1c1c3ccc(-n4c5ccc(C(C)(C)C)cc5c5cc(C(C)(C)C)ccc54)cc3c3ccccc3c21. The van der Waals surface area contributed by atoms with E-state index in [1.165, 1.54) is 131 Å². The van der Waals surface area contributed by atoms with Crippen LogP contribution in [0.3, 0.4) is 0 Å². The molecule has 2 aromatic heterocycles. The fraction of sp³-hybridized carbons (Fsp3) is 0.242. The Bertz CT molecular complexity index is 3690. The van der Waals surface area contributed by atoms with Crippen LogP contribution in [0.2, 0.25) is 0 Å². The highest BCUT2D eigenvalue weighted by Crippen LogP contribution is 2.47. The van der Waals surface area contributed by atoms with Crippen LogP contribution in [-0.2, 0) is 21.7 Å². The molecule has 10 aromatic carbocycles. The maximum atomic E-state index is 2.50. The Morgan fingerprint density at radius 1 is 0.235 bits per heavy atom. The lowest BCUT2D eigenvalue weighted by Crippen LogP contribution is -2.10. The third-order valence-electron chi connectivity index (χ3n) is 15.3. The highest BCUT2D eigenvalue weighted by atomic mass is 15.0. The van der Waals surface area contributed by atoms with Gasteiger partial charge in [0.25, 0.3) is 0 Å². The third-order valence-corrected chi connectivity index (χ3v) is 15.3. The highest BCUT2D eigenvalue weighted by molar-refractivity contribution is 6.39. The van der Waals surface area contributed by atoms with Gasteiger partial charge in [-0.3, -0.25) is 0 Å². The number of benzene rings is 10. The Kier molecular flexibility index (Phi) is 8.94. The van der Waals surface area contributed by atoms with Gasteiger partial charge in [0, 0.05) is 32.9 Å². The minimum atomic E-state index is 0.0413. The minimum Gasteiger partial charge on any atom is -0.309 e. The number of rotatable bonds is 2. The molecule has 12 rings (SSSR count). The van der Waals surface area contributed by atoms with E-state index >= 15 is 0 Å². The fourth-order valence-corrected chi connectivity index (χ4v) is 11.4. The lowest BCUT2D eigenvalue weighted by molar-refractivity contribution is 0.590. The van der Waals surface area contributed by atoms with Gasteiger partial charge in [0.15, 0.2) is 0 Å². The van der Waals surface area contributed by atoms with Gasteiger partial charge in [0.05, 0.1) is 22.1 Å². The Morgan fingerprint density at radius 3 is 0.779 bits per heavy atom. The van der Waals surface area contributed by atoms with Crippen molar-refractivity contribution < 1.29 is 0 Å². The molecule has 0 spiro atoms. The predicted octanol–water partition coefficient (Wildman–Crippen LogP) is 18.8. The van der Waals surface area contributed by atoms with E-state index in [4.69, 9.17) is 0 Å². The van der Waals surface area contributed by atoms with Gasteiger partial charge in [-0.15, -0.1) is 0 Å². The molecule has 0 fully saturated rings. The molecular weight excluding hydrogens is 821 g/mol. The van der Waals surface area contributed by atoms with Crippen molar-refractivity contribution in [3.8, 4) is 11.4 Å². The number of hydrogen-bond acceptors (Lipinski definition) is 0. The van der Waals surface area contributed by atoms with Crippen LogP contribution in [0.25, 0.3) is 109 Å². The molecule has 2 nitrogen and oxygen atoms in total. The van der Waals surface area contributed by atoms with Gasteiger partial charge in [0.2, 0.25) is 0 Å². The molecule has 0 bridgehead atoms. The van der Waals surface area contributed by atoms with E-state index < -0.39 is 0 Å². The molecule has 0 aliphatic rings. The lowest BCUT2D eigenvalue weighted by Gasteiger charge is -2.20. The molecule has 0 amide bonds. The quantitative estimate of drug-likeness (QED) is 0.153. The zero-order valence-corrected chi connectivity index (χ0v) is 41.9. The van der Waals surface area contributed by atoms with Crippen molar-refractivity contribution in [2.75, 3.05) is 0 Å². The largest absolute Gasteiger partial charge is 0.309 e. The van der Waals surface area contributed by atoms with Crippen LogP contribution in [0.5, 0.6) is 0 Å². The second-order valence-corrected chi connectivity index (χ2v) is 23.9. The van der Waals surface area contributed by atoms with Crippen molar-refractivity contribution in [1.82, 2.24) is 9.13 Å². The maximum absolute atomic E-state index is 2.50. The Morgan fingerprint density at radius 2 is 0.500 bits per heavy atom. The zero-order valence-electron chi connectivity index (χ0n) is 41.9. The van der Waals surface area contributed by atoms with E-state index in [0.717, 1.165) is 0 Å². The van der Waals surface area contributed by atoms with E-state index in [1.54, 1.807) is 0 Å². The summed E-state index contributed by atoms with van der Waals surface area (Å²) in [5, 5.41) is 18.1. The molecule has 2 heterocycles. The van der Waals surface area contributed by atoms with Crippen LogP contribution in [-0.4, -0.2) is 9.13 Å². The number of nitrogens with zero attached hydrogens (tertiary/aromatic N) is 2. The molecule has 336 valence electrons. The average Bonchev–Trinajstić information content (AvgIpc) is 3.81. The first-order valence-electron chi connectivity index (χ1n) is 24.7. The van der Waals surface area contributed by atoms with Gasteiger partial charge in [-0.2, -0.15) is 0 Å². The summed E-state index contributed by atoms with van der Waals surface area (Å²) >= 11 is 0. The van der Waals surface area contributed by atoms with Gasteiger partial charge in [0.1, 0.15) is 0 Å². The predicted molar refractivity (Wildman–Crippen MR) is 297 cm³/mol. The molecule has 0 radical (unpaired) electrons. The van der Waals surface area contributed by atoms with E-state index in [2.05, 4.69) is 250 Å². The summed E-state index contributed by atoms with van der Waals surface area (Å²) in [6.45, 7) is 27.8. The minimum absolute atomic E-state index is 0.0413. The van der Waals surface area contributed by atoms with Crippen molar-refractivity contribution in [2.45, 2.75) is 105 Å². The summed E-state index contributed by atoms with van der Waals surface area (Å²) in [6.07, 6.45) is 0. The molecule has 0 saturated carbocycles. The van der Waals surface area contributed by atoms with Crippen LogP contribution in [0.4, 0.5) is 0 Å². The summed E-state index contributed by atoms with van der Waals surface area (Å²) in [4.78, 5) is 0. The number of fused-ring (bicyclic) bond motifs is 17.